The molecule has 0 spiro atoms. The maximum absolute atomic E-state index is 13.7. The Balaban J connectivity index is 1.89. The number of thiophene rings is 1. The first-order valence-corrected chi connectivity index (χ1v) is 7.14. The van der Waals surface area contributed by atoms with Gasteiger partial charge in [-0.15, -0.1) is 11.3 Å². The largest absolute Gasteiger partial charge is 0.323 e. The zero-order chi connectivity index (χ0) is 14.1. The minimum absolute atomic E-state index is 0.288. The Bertz CT molecular complexity index is 718. The van der Waals surface area contributed by atoms with Crippen molar-refractivity contribution < 1.29 is 8.78 Å². The number of halogens is 2. The Morgan fingerprint density at radius 2 is 1.85 bits per heavy atom. The Kier molecular flexibility index (Phi) is 3.51. The van der Waals surface area contributed by atoms with Crippen molar-refractivity contribution in [3.05, 3.63) is 70.6 Å². The van der Waals surface area contributed by atoms with Crippen molar-refractivity contribution in [1.29, 1.82) is 0 Å². The average Bonchev–Trinajstić information content (AvgIpc) is 2.88. The van der Waals surface area contributed by atoms with Gasteiger partial charge in [0.1, 0.15) is 0 Å². The first-order valence-electron chi connectivity index (χ1n) is 6.32. The van der Waals surface area contributed by atoms with Gasteiger partial charge in [-0.25, -0.2) is 8.78 Å². The van der Waals surface area contributed by atoms with Crippen molar-refractivity contribution in [3.8, 4) is 0 Å². The van der Waals surface area contributed by atoms with E-state index in [0.29, 0.717) is 5.56 Å². The van der Waals surface area contributed by atoms with E-state index in [1.54, 1.807) is 17.4 Å². The highest BCUT2D eigenvalue weighted by Gasteiger charge is 2.15. The van der Waals surface area contributed by atoms with Gasteiger partial charge in [-0.05, 0) is 35.6 Å². The molecule has 0 bridgehead atoms. The quantitative estimate of drug-likeness (QED) is 0.758. The third kappa shape index (κ3) is 2.44. The smallest absolute Gasteiger partial charge is 0.162 e. The minimum atomic E-state index is -0.828. The molecule has 1 nitrogen and oxygen atoms in total. The fourth-order valence-corrected chi connectivity index (χ4v) is 3.29. The summed E-state index contributed by atoms with van der Waals surface area (Å²) in [6.45, 7) is 0. The molecule has 1 atom stereocenters. The van der Waals surface area contributed by atoms with Gasteiger partial charge < -0.3 is 5.73 Å². The van der Waals surface area contributed by atoms with Gasteiger partial charge in [0.05, 0.1) is 0 Å². The van der Waals surface area contributed by atoms with Crippen molar-refractivity contribution in [3.63, 3.8) is 0 Å². The molecule has 1 heterocycles. The van der Waals surface area contributed by atoms with Gasteiger partial charge in [0.2, 0.25) is 0 Å². The normalized spacial score (nSPS) is 12.8. The molecule has 3 rings (SSSR count). The van der Waals surface area contributed by atoms with Crippen LogP contribution in [-0.4, -0.2) is 0 Å². The number of rotatable bonds is 3. The fourth-order valence-electron chi connectivity index (χ4n) is 2.23. The van der Waals surface area contributed by atoms with Crippen molar-refractivity contribution in [2.75, 3.05) is 0 Å². The van der Waals surface area contributed by atoms with Gasteiger partial charge in [0, 0.05) is 15.6 Å². The number of benzene rings is 2. The molecule has 1 aromatic heterocycles. The van der Waals surface area contributed by atoms with Crippen molar-refractivity contribution in [2.45, 2.75) is 12.5 Å². The Hall–Kier alpha value is -1.78. The second-order valence-electron chi connectivity index (χ2n) is 4.71. The Labute approximate surface area is 119 Å². The summed E-state index contributed by atoms with van der Waals surface area (Å²) in [6.07, 6.45) is 0.288. The van der Waals surface area contributed by atoms with E-state index in [0.717, 1.165) is 21.0 Å². The maximum atomic E-state index is 13.7. The monoisotopic (exact) mass is 289 g/mol. The Morgan fingerprint density at radius 3 is 2.65 bits per heavy atom. The standard InChI is InChI=1S/C16H13F2NS/c17-12-6-3-5-11(16(12)18)8-13(19)15-9-10-4-1-2-7-14(10)20-15/h1-7,9,13H,8,19H2. The molecular formula is C16H13F2NS. The van der Waals surface area contributed by atoms with E-state index in [2.05, 4.69) is 0 Å². The van der Waals surface area contributed by atoms with Gasteiger partial charge in [0.25, 0.3) is 0 Å². The lowest BCUT2D eigenvalue weighted by Gasteiger charge is -2.10. The molecule has 0 radical (unpaired) electrons. The molecule has 102 valence electrons. The highest BCUT2D eigenvalue weighted by molar-refractivity contribution is 7.19. The van der Waals surface area contributed by atoms with Crippen molar-refractivity contribution in [2.24, 2.45) is 5.73 Å². The number of nitrogens with two attached hydrogens (primary N) is 1. The third-order valence-corrected chi connectivity index (χ3v) is 4.53. The van der Waals surface area contributed by atoms with Gasteiger partial charge in [0.15, 0.2) is 11.6 Å². The second-order valence-corrected chi connectivity index (χ2v) is 5.83. The van der Waals surface area contributed by atoms with Gasteiger partial charge in [-0.3, -0.25) is 0 Å². The lowest BCUT2D eigenvalue weighted by molar-refractivity contribution is 0.494. The minimum Gasteiger partial charge on any atom is -0.323 e. The van der Waals surface area contributed by atoms with Crippen molar-refractivity contribution >= 4 is 21.4 Å². The average molecular weight is 289 g/mol. The van der Waals surface area contributed by atoms with Gasteiger partial charge in [-0.1, -0.05) is 30.3 Å². The SMILES string of the molecule is NC(Cc1cccc(F)c1F)c1cc2ccccc2s1. The molecule has 0 aliphatic carbocycles. The Morgan fingerprint density at radius 1 is 1.05 bits per heavy atom. The second kappa shape index (κ2) is 5.31. The molecule has 1 unspecified atom stereocenters. The van der Waals surface area contributed by atoms with E-state index < -0.39 is 11.6 Å². The van der Waals surface area contributed by atoms with E-state index in [-0.39, 0.29) is 12.5 Å². The van der Waals surface area contributed by atoms with E-state index >= 15 is 0 Å². The van der Waals surface area contributed by atoms with Crippen LogP contribution in [0.1, 0.15) is 16.5 Å². The van der Waals surface area contributed by atoms with Crippen LogP contribution in [0.25, 0.3) is 10.1 Å². The molecule has 3 aromatic rings. The zero-order valence-corrected chi connectivity index (χ0v) is 11.5. The topological polar surface area (TPSA) is 26.0 Å². The summed E-state index contributed by atoms with van der Waals surface area (Å²) in [5, 5.41) is 1.13. The summed E-state index contributed by atoms with van der Waals surface area (Å²) in [5.74, 6) is -1.63. The highest BCUT2D eigenvalue weighted by Crippen LogP contribution is 2.30. The molecule has 0 saturated carbocycles. The third-order valence-electron chi connectivity index (χ3n) is 3.28. The predicted molar refractivity (Wildman–Crippen MR) is 78.8 cm³/mol. The molecular weight excluding hydrogens is 276 g/mol. The van der Waals surface area contributed by atoms with Crippen LogP contribution in [-0.2, 0) is 6.42 Å². The first kappa shape index (κ1) is 13.2. The van der Waals surface area contributed by atoms with Crippen LogP contribution in [0.4, 0.5) is 8.78 Å². The number of hydrogen-bond donors (Lipinski definition) is 1. The van der Waals surface area contributed by atoms with Crippen LogP contribution in [0.3, 0.4) is 0 Å². The van der Waals surface area contributed by atoms with Crippen LogP contribution >= 0.6 is 11.3 Å². The molecule has 20 heavy (non-hydrogen) atoms. The van der Waals surface area contributed by atoms with Crippen LogP contribution in [0, 0.1) is 11.6 Å². The van der Waals surface area contributed by atoms with Gasteiger partial charge >= 0.3 is 0 Å². The fraction of sp³-hybridized carbons (Fsp3) is 0.125. The molecule has 0 saturated heterocycles. The number of hydrogen-bond acceptors (Lipinski definition) is 2. The summed E-state index contributed by atoms with van der Waals surface area (Å²) in [6, 6.07) is 13.9. The van der Waals surface area contributed by atoms with E-state index in [4.69, 9.17) is 5.73 Å². The molecule has 4 heteroatoms. The van der Waals surface area contributed by atoms with Crippen LogP contribution in [0.5, 0.6) is 0 Å². The lowest BCUT2D eigenvalue weighted by Crippen LogP contribution is -2.13. The summed E-state index contributed by atoms with van der Waals surface area (Å²) in [5.41, 5.74) is 6.45. The summed E-state index contributed by atoms with van der Waals surface area (Å²) in [4.78, 5) is 0.981. The van der Waals surface area contributed by atoms with E-state index in [1.807, 2.05) is 30.3 Å². The number of fused-ring (bicyclic) bond motifs is 1. The van der Waals surface area contributed by atoms with Crippen molar-refractivity contribution in [1.82, 2.24) is 0 Å². The zero-order valence-electron chi connectivity index (χ0n) is 10.6. The molecule has 2 aromatic carbocycles. The van der Waals surface area contributed by atoms with Crippen LogP contribution in [0.2, 0.25) is 0 Å². The van der Waals surface area contributed by atoms with Gasteiger partial charge in [-0.2, -0.15) is 0 Å². The molecule has 0 aliphatic heterocycles. The summed E-state index contributed by atoms with van der Waals surface area (Å²) >= 11 is 1.59. The molecule has 0 aliphatic rings. The van der Waals surface area contributed by atoms with E-state index in [9.17, 15) is 8.78 Å². The predicted octanol–water partition coefficient (Wildman–Crippen LogP) is 4.42. The highest BCUT2D eigenvalue weighted by atomic mass is 32.1. The maximum Gasteiger partial charge on any atom is 0.162 e. The lowest BCUT2D eigenvalue weighted by atomic mass is 10.0. The summed E-state index contributed by atoms with van der Waals surface area (Å²) in [7, 11) is 0. The molecule has 0 amide bonds. The van der Waals surface area contributed by atoms with Crippen LogP contribution < -0.4 is 5.73 Å². The summed E-state index contributed by atoms with van der Waals surface area (Å²) < 4.78 is 28.0. The first-order chi connectivity index (χ1) is 9.65. The molecule has 2 N–H and O–H groups in total. The van der Waals surface area contributed by atoms with Crippen LogP contribution in [0.15, 0.2) is 48.5 Å². The molecule has 0 fully saturated rings. The van der Waals surface area contributed by atoms with E-state index in [1.165, 1.54) is 6.07 Å².